The summed E-state index contributed by atoms with van der Waals surface area (Å²) in [6, 6.07) is 22.6. The van der Waals surface area contributed by atoms with E-state index in [2.05, 4.69) is 10.3 Å². The van der Waals surface area contributed by atoms with Gasteiger partial charge in [0.25, 0.3) is 5.91 Å². The molecule has 0 fully saturated rings. The first-order valence-corrected chi connectivity index (χ1v) is 8.92. The summed E-state index contributed by atoms with van der Waals surface area (Å²) >= 11 is 8.03. The molecule has 5 heteroatoms. The Morgan fingerprint density at radius 1 is 0.960 bits per heavy atom. The molecular formula is C20H13ClN2OS. The summed E-state index contributed by atoms with van der Waals surface area (Å²) in [4.78, 5) is 16.9. The fourth-order valence-corrected chi connectivity index (χ4v) is 3.88. The largest absolute Gasteiger partial charge is 0.322 e. The number of halogens is 1. The van der Waals surface area contributed by atoms with Gasteiger partial charge in [0.05, 0.1) is 15.2 Å². The number of benzene rings is 3. The van der Waals surface area contributed by atoms with Crippen molar-refractivity contribution in [2.45, 2.75) is 0 Å². The van der Waals surface area contributed by atoms with E-state index >= 15 is 0 Å². The lowest BCUT2D eigenvalue weighted by Gasteiger charge is -2.07. The van der Waals surface area contributed by atoms with Crippen LogP contribution in [0.3, 0.4) is 0 Å². The molecule has 0 aliphatic rings. The van der Waals surface area contributed by atoms with Crippen LogP contribution in [-0.2, 0) is 0 Å². The van der Waals surface area contributed by atoms with Crippen molar-refractivity contribution in [1.82, 2.24) is 4.98 Å². The number of fused-ring (bicyclic) bond motifs is 1. The Balaban J connectivity index is 1.61. The van der Waals surface area contributed by atoms with E-state index in [0.717, 1.165) is 20.8 Å². The zero-order chi connectivity index (χ0) is 17.2. The van der Waals surface area contributed by atoms with E-state index in [1.807, 2.05) is 54.6 Å². The van der Waals surface area contributed by atoms with Gasteiger partial charge in [0.15, 0.2) is 0 Å². The van der Waals surface area contributed by atoms with Crippen molar-refractivity contribution in [3.8, 4) is 10.6 Å². The van der Waals surface area contributed by atoms with Gasteiger partial charge in [-0.2, -0.15) is 0 Å². The van der Waals surface area contributed by atoms with E-state index in [1.165, 1.54) is 0 Å². The Hall–Kier alpha value is -2.69. The number of anilines is 1. The van der Waals surface area contributed by atoms with Crippen molar-refractivity contribution in [3.63, 3.8) is 0 Å². The van der Waals surface area contributed by atoms with Gasteiger partial charge in [-0.05, 0) is 42.5 Å². The van der Waals surface area contributed by atoms with Gasteiger partial charge in [-0.15, -0.1) is 11.3 Å². The van der Waals surface area contributed by atoms with Crippen molar-refractivity contribution >= 4 is 44.7 Å². The number of amides is 1. The molecule has 0 aliphatic heterocycles. The van der Waals surface area contributed by atoms with Crippen molar-refractivity contribution < 1.29 is 4.79 Å². The maximum atomic E-state index is 12.2. The maximum absolute atomic E-state index is 12.2. The van der Waals surface area contributed by atoms with Crippen molar-refractivity contribution in [2.24, 2.45) is 0 Å². The third-order valence-electron chi connectivity index (χ3n) is 3.79. The van der Waals surface area contributed by atoms with Gasteiger partial charge in [0, 0.05) is 16.8 Å². The molecule has 1 N–H and O–H groups in total. The van der Waals surface area contributed by atoms with Crippen LogP contribution in [0.5, 0.6) is 0 Å². The minimum absolute atomic E-state index is 0.163. The molecule has 4 aromatic rings. The lowest BCUT2D eigenvalue weighted by atomic mass is 10.2. The molecule has 1 aromatic heterocycles. The minimum Gasteiger partial charge on any atom is -0.322 e. The molecule has 25 heavy (non-hydrogen) atoms. The summed E-state index contributed by atoms with van der Waals surface area (Å²) in [6.45, 7) is 0. The number of nitrogens with zero attached hydrogens (tertiary/aromatic N) is 1. The molecule has 0 radical (unpaired) electrons. The highest BCUT2D eigenvalue weighted by Crippen LogP contribution is 2.35. The summed E-state index contributed by atoms with van der Waals surface area (Å²) in [5.74, 6) is -0.163. The molecule has 3 nitrogen and oxygen atoms in total. The zero-order valence-electron chi connectivity index (χ0n) is 13.1. The van der Waals surface area contributed by atoms with Gasteiger partial charge in [-0.3, -0.25) is 4.79 Å². The fourth-order valence-electron chi connectivity index (χ4n) is 2.55. The lowest BCUT2D eigenvalue weighted by Crippen LogP contribution is -2.11. The molecule has 4 rings (SSSR count). The van der Waals surface area contributed by atoms with Crippen molar-refractivity contribution in [2.75, 3.05) is 5.32 Å². The Kier molecular flexibility index (Phi) is 4.22. The molecule has 122 valence electrons. The number of carbonyl (C=O) groups is 1. The highest BCUT2D eigenvalue weighted by molar-refractivity contribution is 7.21. The summed E-state index contributed by atoms with van der Waals surface area (Å²) in [5.41, 5.74) is 3.08. The Morgan fingerprint density at radius 3 is 2.48 bits per heavy atom. The van der Waals surface area contributed by atoms with Crippen LogP contribution in [0.25, 0.3) is 20.8 Å². The summed E-state index contributed by atoms with van der Waals surface area (Å²) in [6.07, 6.45) is 0. The molecule has 0 bridgehead atoms. The Labute approximate surface area is 153 Å². The monoisotopic (exact) mass is 364 g/mol. The number of aromatic nitrogens is 1. The predicted octanol–water partition coefficient (Wildman–Crippen LogP) is 5.87. The van der Waals surface area contributed by atoms with Gasteiger partial charge in [0.1, 0.15) is 5.01 Å². The summed E-state index contributed by atoms with van der Waals surface area (Å²) in [7, 11) is 0. The molecule has 0 saturated carbocycles. The van der Waals surface area contributed by atoms with Gasteiger partial charge in [0.2, 0.25) is 0 Å². The molecule has 0 saturated heterocycles. The molecule has 1 heterocycles. The van der Waals surface area contributed by atoms with Crippen molar-refractivity contribution in [3.05, 3.63) is 83.4 Å². The molecule has 0 unspecified atom stereocenters. The second-order valence-corrected chi connectivity index (χ2v) is 6.94. The number of rotatable bonds is 3. The van der Waals surface area contributed by atoms with Crippen LogP contribution in [0, 0.1) is 0 Å². The van der Waals surface area contributed by atoms with Gasteiger partial charge in [-0.1, -0.05) is 41.9 Å². The zero-order valence-corrected chi connectivity index (χ0v) is 14.6. The molecular weight excluding hydrogens is 352 g/mol. The van der Waals surface area contributed by atoms with Crippen LogP contribution in [0.2, 0.25) is 5.02 Å². The van der Waals surface area contributed by atoms with E-state index in [0.29, 0.717) is 16.3 Å². The van der Waals surface area contributed by atoms with Gasteiger partial charge < -0.3 is 5.32 Å². The van der Waals surface area contributed by atoms with Crippen molar-refractivity contribution in [1.29, 1.82) is 0 Å². The van der Waals surface area contributed by atoms with E-state index in [9.17, 15) is 4.79 Å². The number of hydrogen-bond acceptors (Lipinski definition) is 3. The first-order chi connectivity index (χ1) is 12.2. The molecule has 1 amide bonds. The summed E-state index contributed by atoms with van der Waals surface area (Å²) < 4.78 is 1.12. The minimum atomic E-state index is -0.163. The number of thiazole rings is 1. The van der Waals surface area contributed by atoms with Gasteiger partial charge in [-0.25, -0.2) is 4.98 Å². The Bertz CT molecular complexity index is 1030. The standard InChI is InChI=1S/C20H13ClN2OS/c21-16-12-14(22-19(24)13-6-2-1-3-7-13)10-11-15(16)20-23-17-8-4-5-9-18(17)25-20/h1-12H,(H,22,24). The summed E-state index contributed by atoms with van der Waals surface area (Å²) in [5, 5.41) is 4.29. The lowest BCUT2D eigenvalue weighted by molar-refractivity contribution is 0.102. The molecule has 0 spiro atoms. The maximum Gasteiger partial charge on any atom is 0.255 e. The highest BCUT2D eigenvalue weighted by atomic mass is 35.5. The first kappa shape index (κ1) is 15.8. The van der Waals surface area contributed by atoms with Crippen LogP contribution >= 0.6 is 22.9 Å². The van der Waals surface area contributed by atoms with E-state index in [1.54, 1.807) is 29.5 Å². The SMILES string of the molecule is O=C(Nc1ccc(-c2nc3ccccc3s2)c(Cl)c1)c1ccccc1. The highest BCUT2D eigenvalue weighted by Gasteiger charge is 2.11. The second-order valence-electron chi connectivity index (χ2n) is 5.50. The fraction of sp³-hybridized carbons (Fsp3) is 0. The molecule has 0 aliphatic carbocycles. The molecule has 0 atom stereocenters. The van der Waals surface area contributed by atoms with E-state index in [-0.39, 0.29) is 5.91 Å². The number of nitrogens with one attached hydrogen (secondary N) is 1. The van der Waals surface area contributed by atoms with Crippen LogP contribution in [0.1, 0.15) is 10.4 Å². The predicted molar refractivity (Wildman–Crippen MR) is 104 cm³/mol. The second kappa shape index (κ2) is 6.67. The number of carbonyl (C=O) groups excluding carboxylic acids is 1. The van der Waals surface area contributed by atoms with Crippen LogP contribution in [0.4, 0.5) is 5.69 Å². The Morgan fingerprint density at radius 2 is 1.72 bits per heavy atom. The van der Waals surface area contributed by atoms with Crippen LogP contribution in [0.15, 0.2) is 72.8 Å². The first-order valence-electron chi connectivity index (χ1n) is 7.72. The van der Waals surface area contributed by atoms with Crippen LogP contribution < -0.4 is 5.32 Å². The normalized spacial score (nSPS) is 10.8. The van der Waals surface area contributed by atoms with E-state index < -0.39 is 0 Å². The van der Waals surface area contributed by atoms with Crippen LogP contribution in [-0.4, -0.2) is 10.9 Å². The topological polar surface area (TPSA) is 42.0 Å². The average Bonchev–Trinajstić information content (AvgIpc) is 3.06. The number of para-hydroxylation sites is 1. The third kappa shape index (κ3) is 3.27. The van der Waals surface area contributed by atoms with Gasteiger partial charge >= 0.3 is 0 Å². The average molecular weight is 365 g/mol. The third-order valence-corrected chi connectivity index (χ3v) is 5.17. The smallest absolute Gasteiger partial charge is 0.255 e. The molecule has 3 aromatic carbocycles. The van der Waals surface area contributed by atoms with E-state index in [4.69, 9.17) is 11.6 Å². The quantitative estimate of drug-likeness (QED) is 0.494. The number of hydrogen-bond donors (Lipinski definition) is 1.